The third-order valence-corrected chi connectivity index (χ3v) is 2.99. The smallest absolute Gasteiger partial charge is 0.243 e. The molecule has 0 bridgehead atoms. The minimum Gasteiger partial charge on any atom is -0.496 e. The van der Waals surface area contributed by atoms with Crippen LogP contribution in [-0.4, -0.2) is 35.3 Å². The van der Waals surface area contributed by atoms with E-state index in [1.165, 1.54) is 20.4 Å². The van der Waals surface area contributed by atoms with E-state index in [1.807, 2.05) is 0 Å². The Balaban J connectivity index is 2.22. The number of benzene rings is 1. The largest absolute Gasteiger partial charge is 0.496 e. The minimum absolute atomic E-state index is 0.473. The number of aliphatic hydroxyl groups is 1. The number of oxazole rings is 1. The van der Waals surface area contributed by atoms with Gasteiger partial charge in [0, 0.05) is 11.8 Å². The molecule has 2 aromatic rings. The minimum atomic E-state index is -0.995. The lowest BCUT2D eigenvalue weighted by Crippen LogP contribution is -2.43. The summed E-state index contributed by atoms with van der Waals surface area (Å²) in [7, 11) is 1.52. The average molecular weight is 291 g/mol. The Morgan fingerprint density at radius 3 is 2.86 bits per heavy atom. The van der Waals surface area contributed by atoms with Crippen molar-refractivity contribution in [3.05, 3.63) is 30.8 Å². The highest BCUT2D eigenvalue weighted by Gasteiger charge is 2.19. The maximum Gasteiger partial charge on any atom is 0.243 e. The second-order valence-electron chi connectivity index (χ2n) is 4.54. The van der Waals surface area contributed by atoms with E-state index in [0.717, 1.165) is 0 Å². The molecule has 112 valence electrons. The van der Waals surface area contributed by atoms with Gasteiger partial charge in [-0.2, -0.15) is 0 Å². The van der Waals surface area contributed by atoms with Crippen molar-refractivity contribution in [1.29, 1.82) is 0 Å². The molecule has 4 N–H and O–H groups in total. The fraction of sp³-hybridized carbons (Fsp3) is 0.286. The molecule has 0 saturated carbocycles. The molecular weight excluding hydrogens is 274 g/mol. The molecule has 2 rings (SSSR count). The molecule has 0 aliphatic rings. The van der Waals surface area contributed by atoms with Crippen molar-refractivity contribution < 1.29 is 19.1 Å². The Morgan fingerprint density at radius 1 is 1.52 bits per heavy atom. The number of aromatic nitrogens is 1. The van der Waals surface area contributed by atoms with Crippen molar-refractivity contribution >= 4 is 11.6 Å². The molecule has 7 heteroatoms. The lowest BCUT2D eigenvalue weighted by Gasteiger charge is -2.15. The van der Waals surface area contributed by atoms with Gasteiger partial charge >= 0.3 is 0 Å². The van der Waals surface area contributed by atoms with Crippen LogP contribution >= 0.6 is 0 Å². The number of rotatable bonds is 5. The SMILES string of the molecule is COc1cc(NC(=O)[C@H](N)[C@H](C)O)ccc1-c1cnco1. The molecule has 2 atom stereocenters. The van der Waals surface area contributed by atoms with E-state index < -0.39 is 18.1 Å². The number of nitrogens with two attached hydrogens (primary N) is 1. The predicted molar refractivity (Wildman–Crippen MR) is 76.8 cm³/mol. The fourth-order valence-electron chi connectivity index (χ4n) is 1.77. The van der Waals surface area contributed by atoms with Gasteiger partial charge in [-0.05, 0) is 19.1 Å². The van der Waals surface area contributed by atoms with Crippen molar-refractivity contribution in [2.75, 3.05) is 12.4 Å². The molecule has 0 radical (unpaired) electrons. The maximum absolute atomic E-state index is 11.8. The van der Waals surface area contributed by atoms with Crippen LogP contribution < -0.4 is 15.8 Å². The molecule has 1 amide bonds. The zero-order chi connectivity index (χ0) is 15.4. The first kappa shape index (κ1) is 15.0. The Labute approximate surface area is 121 Å². The van der Waals surface area contributed by atoms with Crippen LogP contribution in [0.25, 0.3) is 11.3 Å². The topological polar surface area (TPSA) is 111 Å². The van der Waals surface area contributed by atoms with Crippen molar-refractivity contribution in [3.8, 4) is 17.1 Å². The first-order chi connectivity index (χ1) is 10.0. The summed E-state index contributed by atoms with van der Waals surface area (Å²) in [6.07, 6.45) is 1.96. The summed E-state index contributed by atoms with van der Waals surface area (Å²) >= 11 is 0. The number of nitrogens with one attached hydrogen (secondary N) is 1. The van der Waals surface area contributed by atoms with E-state index in [2.05, 4.69) is 10.3 Å². The van der Waals surface area contributed by atoms with E-state index in [-0.39, 0.29) is 0 Å². The summed E-state index contributed by atoms with van der Waals surface area (Å²) in [4.78, 5) is 15.7. The normalized spacial score (nSPS) is 13.5. The van der Waals surface area contributed by atoms with Gasteiger partial charge in [0.15, 0.2) is 12.2 Å². The van der Waals surface area contributed by atoms with E-state index in [9.17, 15) is 9.90 Å². The van der Waals surface area contributed by atoms with E-state index in [4.69, 9.17) is 14.9 Å². The monoisotopic (exact) mass is 291 g/mol. The highest BCUT2D eigenvalue weighted by Crippen LogP contribution is 2.32. The van der Waals surface area contributed by atoms with Gasteiger partial charge in [0.25, 0.3) is 0 Å². The standard InChI is InChI=1S/C14H17N3O4/c1-8(18)13(15)14(19)17-9-3-4-10(11(5-9)20-2)12-6-16-7-21-12/h3-8,13,18H,15H2,1-2H3,(H,17,19)/t8-,13+/m0/s1. The van der Waals surface area contributed by atoms with Crippen LogP contribution in [0.2, 0.25) is 0 Å². The van der Waals surface area contributed by atoms with E-state index in [0.29, 0.717) is 22.8 Å². The number of hydrogen-bond donors (Lipinski definition) is 3. The molecule has 1 aromatic heterocycles. The average Bonchev–Trinajstić information content (AvgIpc) is 3.00. The van der Waals surface area contributed by atoms with Crippen LogP contribution in [0, 0.1) is 0 Å². The highest BCUT2D eigenvalue weighted by atomic mass is 16.5. The zero-order valence-electron chi connectivity index (χ0n) is 11.7. The van der Waals surface area contributed by atoms with E-state index >= 15 is 0 Å². The summed E-state index contributed by atoms with van der Waals surface area (Å²) < 4.78 is 10.5. The van der Waals surface area contributed by atoms with Gasteiger partial charge in [-0.25, -0.2) is 4.98 Å². The molecule has 0 aliphatic heterocycles. The van der Waals surface area contributed by atoms with Gasteiger partial charge in [0.2, 0.25) is 5.91 Å². The van der Waals surface area contributed by atoms with Crippen molar-refractivity contribution in [2.45, 2.75) is 19.1 Å². The second-order valence-corrected chi connectivity index (χ2v) is 4.54. The first-order valence-corrected chi connectivity index (χ1v) is 6.34. The van der Waals surface area contributed by atoms with Crippen LogP contribution in [0.4, 0.5) is 5.69 Å². The first-order valence-electron chi connectivity index (χ1n) is 6.34. The Hall–Kier alpha value is -2.38. The van der Waals surface area contributed by atoms with Crippen LogP contribution in [0.5, 0.6) is 5.75 Å². The highest BCUT2D eigenvalue weighted by molar-refractivity contribution is 5.95. The summed E-state index contributed by atoms with van der Waals surface area (Å²) in [6.45, 7) is 1.46. The lowest BCUT2D eigenvalue weighted by molar-refractivity contribution is -0.119. The van der Waals surface area contributed by atoms with Crippen LogP contribution in [-0.2, 0) is 4.79 Å². The van der Waals surface area contributed by atoms with Gasteiger partial charge in [-0.1, -0.05) is 0 Å². The number of carbonyl (C=O) groups is 1. The maximum atomic E-state index is 11.8. The molecule has 0 saturated heterocycles. The molecule has 1 aromatic carbocycles. The van der Waals surface area contributed by atoms with Crippen molar-refractivity contribution in [1.82, 2.24) is 4.98 Å². The Bertz CT molecular complexity index is 611. The van der Waals surface area contributed by atoms with Gasteiger partial charge in [-0.3, -0.25) is 4.79 Å². The van der Waals surface area contributed by atoms with Crippen molar-refractivity contribution in [3.63, 3.8) is 0 Å². The summed E-state index contributed by atoms with van der Waals surface area (Å²) in [5, 5.41) is 11.9. The van der Waals surface area contributed by atoms with Crippen LogP contribution in [0.1, 0.15) is 6.92 Å². The van der Waals surface area contributed by atoms with Gasteiger partial charge in [-0.15, -0.1) is 0 Å². The Morgan fingerprint density at radius 2 is 2.29 bits per heavy atom. The predicted octanol–water partition coefficient (Wildman–Crippen LogP) is 0.997. The van der Waals surface area contributed by atoms with Gasteiger partial charge < -0.3 is 25.3 Å². The third kappa shape index (κ3) is 3.39. The second kappa shape index (κ2) is 6.38. The summed E-state index contributed by atoms with van der Waals surface area (Å²) in [6, 6.07) is 4.07. The number of anilines is 1. The number of amides is 1. The molecular formula is C14H17N3O4. The lowest BCUT2D eigenvalue weighted by atomic mass is 10.1. The molecule has 0 aliphatic carbocycles. The molecule has 7 nitrogen and oxygen atoms in total. The van der Waals surface area contributed by atoms with Crippen LogP contribution in [0.15, 0.2) is 35.2 Å². The molecule has 21 heavy (non-hydrogen) atoms. The van der Waals surface area contributed by atoms with Crippen LogP contribution in [0.3, 0.4) is 0 Å². The molecule has 1 heterocycles. The number of aliphatic hydroxyl groups excluding tert-OH is 1. The number of methoxy groups -OCH3 is 1. The fourth-order valence-corrected chi connectivity index (χ4v) is 1.77. The quantitative estimate of drug-likeness (QED) is 0.758. The summed E-state index contributed by atoms with van der Waals surface area (Å²) in [5.74, 6) is 0.611. The van der Waals surface area contributed by atoms with Gasteiger partial charge in [0.05, 0.1) is 25.0 Å². The number of nitrogens with zero attached hydrogens (tertiary/aromatic N) is 1. The number of ether oxygens (including phenoxy) is 1. The van der Waals surface area contributed by atoms with E-state index in [1.54, 1.807) is 24.4 Å². The molecule has 0 spiro atoms. The molecule has 0 fully saturated rings. The summed E-state index contributed by atoms with van der Waals surface area (Å²) in [5.41, 5.74) is 6.79. The number of carbonyl (C=O) groups excluding carboxylic acids is 1. The van der Waals surface area contributed by atoms with Gasteiger partial charge in [0.1, 0.15) is 11.8 Å². The third-order valence-electron chi connectivity index (χ3n) is 2.99. The van der Waals surface area contributed by atoms with Crippen molar-refractivity contribution in [2.24, 2.45) is 5.73 Å². The molecule has 0 unspecified atom stereocenters. The Kier molecular flexibility index (Phi) is 4.56. The zero-order valence-corrected chi connectivity index (χ0v) is 11.7. The number of hydrogen-bond acceptors (Lipinski definition) is 6.